The summed E-state index contributed by atoms with van der Waals surface area (Å²) in [5.41, 5.74) is 4.76. The summed E-state index contributed by atoms with van der Waals surface area (Å²) in [6.07, 6.45) is 4.61. The van der Waals surface area contributed by atoms with Crippen LogP contribution in [0, 0.1) is 0 Å². The molecule has 0 radical (unpaired) electrons. The number of carbonyl (C=O) groups is 1. The van der Waals surface area contributed by atoms with E-state index in [4.69, 9.17) is 23.7 Å². The van der Waals surface area contributed by atoms with Crippen LogP contribution in [0.2, 0.25) is 0 Å². The van der Waals surface area contributed by atoms with E-state index in [1.165, 1.54) is 12.7 Å². The average Bonchev–Trinajstić information content (AvgIpc) is 3.16. The van der Waals surface area contributed by atoms with E-state index in [2.05, 4.69) is 6.08 Å². The first kappa shape index (κ1) is 17.4. The summed E-state index contributed by atoms with van der Waals surface area (Å²) in [4.78, 5) is 11.7. The molecule has 4 rings (SSSR count). The molecule has 0 spiro atoms. The van der Waals surface area contributed by atoms with Crippen LogP contribution in [0.5, 0.6) is 23.0 Å². The lowest BCUT2D eigenvalue weighted by molar-refractivity contribution is 0.0491. The van der Waals surface area contributed by atoms with Crippen molar-refractivity contribution in [1.82, 2.24) is 0 Å². The summed E-state index contributed by atoms with van der Waals surface area (Å²) >= 11 is 0. The number of hydrogen-bond acceptors (Lipinski definition) is 6. The van der Waals surface area contributed by atoms with Crippen LogP contribution >= 0.6 is 0 Å². The molecule has 0 fully saturated rings. The molecule has 0 aromatic heterocycles. The van der Waals surface area contributed by atoms with Gasteiger partial charge in [-0.15, -0.1) is 0 Å². The van der Waals surface area contributed by atoms with Crippen LogP contribution in [-0.4, -0.2) is 34.1 Å². The Morgan fingerprint density at radius 3 is 2.59 bits per heavy atom. The van der Waals surface area contributed by atoms with E-state index in [1.54, 1.807) is 13.2 Å². The first-order valence-electron chi connectivity index (χ1n) is 8.66. The highest BCUT2D eigenvalue weighted by Crippen LogP contribution is 2.41. The maximum atomic E-state index is 11.7. The van der Waals surface area contributed by atoms with Gasteiger partial charge in [0.25, 0.3) is 0 Å². The first-order valence-corrected chi connectivity index (χ1v) is 8.66. The predicted molar refractivity (Wildman–Crippen MR) is 99.6 cm³/mol. The second-order valence-corrected chi connectivity index (χ2v) is 6.33. The van der Waals surface area contributed by atoms with Gasteiger partial charge in [-0.1, -0.05) is 6.08 Å². The van der Waals surface area contributed by atoms with E-state index < -0.39 is 0 Å². The van der Waals surface area contributed by atoms with Crippen molar-refractivity contribution in [2.75, 3.05) is 27.8 Å². The van der Waals surface area contributed by atoms with Crippen molar-refractivity contribution >= 4 is 17.9 Å². The Labute approximate surface area is 157 Å². The Hall–Kier alpha value is -2.99. The van der Waals surface area contributed by atoms with Crippen molar-refractivity contribution in [3.8, 4) is 23.0 Å². The highest BCUT2D eigenvalue weighted by molar-refractivity contribution is 5.93. The number of methoxy groups -OCH3 is 2. The Kier molecular flexibility index (Phi) is 4.73. The fourth-order valence-electron chi connectivity index (χ4n) is 3.44. The van der Waals surface area contributed by atoms with Crippen molar-refractivity contribution in [3.63, 3.8) is 0 Å². The second kappa shape index (κ2) is 7.32. The van der Waals surface area contributed by atoms with Crippen molar-refractivity contribution in [1.29, 1.82) is 0 Å². The molecule has 0 bridgehead atoms. The van der Waals surface area contributed by atoms with Crippen LogP contribution < -0.4 is 18.9 Å². The standard InChI is InChI=1S/C21H20O6/c1-23-11-25-19-8-16(10-22)17(9-18(19)24-2)14-4-3-13-6-20-21(27-12-26-20)7-15(13)5-14/h5-10H,3-4,11-12H2,1-2H3. The van der Waals surface area contributed by atoms with Gasteiger partial charge < -0.3 is 23.7 Å². The molecule has 0 saturated carbocycles. The minimum absolute atomic E-state index is 0.0806. The third kappa shape index (κ3) is 3.24. The fourth-order valence-corrected chi connectivity index (χ4v) is 3.44. The van der Waals surface area contributed by atoms with Crippen LogP contribution in [0.25, 0.3) is 11.6 Å². The normalized spacial score (nSPS) is 14.4. The Balaban J connectivity index is 1.75. The minimum atomic E-state index is 0.0806. The molecule has 6 heteroatoms. The number of benzene rings is 2. The van der Waals surface area contributed by atoms with E-state index in [1.807, 2.05) is 18.2 Å². The predicted octanol–water partition coefficient (Wildman–Crippen LogP) is 3.71. The molecule has 0 amide bonds. The van der Waals surface area contributed by atoms with E-state index in [-0.39, 0.29) is 13.6 Å². The van der Waals surface area contributed by atoms with Gasteiger partial charge in [0.2, 0.25) is 6.79 Å². The van der Waals surface area contributed by atoms with Crippen LogP contribution in [-0.2, 0) is 11.2 Å². The molecule has 2 aromatic rings. The smallest absolute Gasteiger partial charge is 0.231 e. The lowest BCUT2D eigenvalue weighted by Gasteiger charge is -2.20. The van der Waals surface area contributed by atoms with Crippen molar-refractivity contribution < 1.29 is 28.5 Å². The zero-order valence-electron chi connectivity index (χ0n) is 15.2. The third-order valence-corrected chi connectivity index (χ3v) is 4.77. The molecular formula is C21H20O6. The molecule has 0 N–H and O–H groups in total. The molecule has 1 heterocycles. The van der Waals surface area contributed by atoms with Gasteiger partial charge >= 0.3 is 0 Å². The average molecular weight is 368 g/mol. The molecule has 0 unspecified atom stereocenters. The lowest BCUT2D eigenvalue weighted by Crippen LogP contribution is -2.05. The number of allylic oxidation sites excluding steroid dienone is 1. The quantitative estimate of drug-likeness (QED) is 0.572. The highest BCUT2D eigenvalue weighted by atomic mass is 16.7. The van der Waals surface area contributed by atoms with E-state index >= 15 is 0 Å². The van der Waals surface area contributed by atoms with Gasteiger partial charge in [0.1, 0.15) is 0 Å². The maximum absolute atomic E-state index is 11.7. The molecule has 0 saturated heterocycles. The number of aldehydes is 1. The van der Waals surface area contributed by atoms with Gasteiger partial charge in [0.15, 0.2) is 36.1 Å². The molecule has 6 nitrogen and oxygen atoms in total. The molecule has 2 aliphatic rings. The Morgan fingerprint density at radius 1 is 1.04 bits per heavy atom. The molecule has 1 aliphatic carbocycles. The van der Waals surface area contributed by atoms with Crippen LogP contribution in [0.15, 0.2) is 24.3 Å². The summed E-state index contributed by atoms with van der Waals surface area (Å²) in [5, 5.41) is 0. The monoisotopic (exact) mass is 368 g/mol. The Morgan fingerprint density at radius 2 is 1.85 bits per heavy atom. The number of carbonyl (C=O) groups excluding carboxylic acids is 1. The van der Waals surface area contributed by atoms with E-state index in [0.29, 0.717) is 17.1 Å². The van der Waals surface area contributed by atoms with Gasteiger partial charge in [0.05, 0.1) is 7.11 Å². The third-order valence-electron chi connectivity index (χ3n) is 4.77. The number of ether oxygens (including phenoxy) is 5. The summed E-state index contributed by atoms with van der Waals surface area (Å²) < 4.78 is 26.8. The summed E-state index contributed by atoms with van der Waals surface area (Å²) in [6.45, 7) is 0.335. The molecule has 2 aromatic carbocycles. The number of aryl methyl sites for hydroxylation is 1. The van der Waals surface area contributed by atoms with Crippen molar-refractivity contribution in [2.24, 2.45) is 0 Å². The van der Waals surface area contributed by atoms with Gasteiger partial charge in [-0.2, -0.15) is 0 Å². The molecule has 140 valence electrons. The second-order valence-electron chi connectivity index (χ2n) is 6.33. The largest absolute Gasteiger partial charge is 0.493 e. The zero-order valence-corrected chi connectivity index (χ0v) is 15.2. The van der Waals surface area contributed by atoms with E-state index in [9.17, 15) is 4.79 Å². The van der Waals surface area contributed by atoms with Gasteiger partial charge in [-0.05, 0) is 59.4 Å². The topological polar surface area (TPSA) is 63.2 Å². The molecule has 1 aliphatic heterocycles. The Bertz CT molecular complexity index is 915. The van der Waals surface area contributed by atoms with Gasteiger partial charge in [-0.3, -0.25) is 4.79 Å². The maximum Gasteiger partial charge on any atom is 0.231 e. The van der Waals surface area contributed by atoms with Gasteiger partial charge in [0, 0.05) is 12.7 Å². The number of hydrogen-bond donors (Lipinski definition) is 0. The fraction of sp³-hybridized carbons (Fsp3) is 0.286. The van der Waals surface area contributed by atoms with Crippen molar-refractivity contribution in [2.45, 2.75) is 12.8 Å². The summed E-state index contributed by atoms with van der Waals surface area (Å²) in [5.74, 6) is 2.58. The summed E-state index contributed by atoms with van der Waals surface area (Å²) in [7, 11) is 3.11. The highest BCUT2D eigenvalue weighted by Gasteiger charge is 2.22. The van der Waals surface area contributed by atoms with Crippen molar-refractivity contribution in [3.05, 3.63) is 46.5 Å². The summed E-state index contributed by atoms with van der Waals surface area (Å²) in [6, 6.07) is 7.56. The molecular weight excluding hydrogens is 348 g/mol. The number of fused-ring (bicyclic) bond motifs is 2. The zero-order chi connectivity index (χ0) is 18.8. The van der Waals surface area contributed by atoms with Crippen LogP contribution in [0.1, 0.15) is 33.5 Å². The minimum Gasteiger partial charge on any atom is -0.493 e. The van der Waals surface area contributed by atoms with E-state index in [0.717, 1.165) is 47.3 Å². The lowest BCUT2D eigenvalue weighted by atomic mass is 9.86. The SMILES string of the molecule is COCOc1cc(C=O)c(C2=Cc3cc4c(cc3CC2)OCO4)cc1OC. The van der Waals surface area contributed by atoms with Crippen LogP contribution in [0.4, 0.5) is 0 Å². The first-order chi connectivity index (χ1) is 13.2. The number of rotatable bonds is 6. The molecule has 0 atom stereocenters. The van der Waals surface area contributed by atoms with Gasteiger partial charge in [-0.25, -0.2) is 0 Å². The molecule has 27 heavy (non-hydrogen) atoms. The van der Waals surface area contributed by atoms with Crippen LogP contribution in [0.3, 0.4) is 0 Å².